The first kappa shape index (κ1) is 15.9. The molecule has 4 rings (SSSR count). The van der Waals surface area contributed by atoms with Crippen LogP contribution in [-0.2, 0) is 13.1 Å². The minimum atomic E-state index is -0.0971. The monoisotopic (exact) mass is 350 g/mol. The fourth-order valence-corrected chi connectivity index (χ4v) is 3.85. The molecule has 0 fully saturated rings. The number of rotatable bonds is 4. The van der Waals surface area contributed by atoms with Gasteiger partial charge in [0.2, 0.25) is 0 Å². The van der Waals surface area contributed by atoms with Crippen molar-refractivity contribution in [1.82, 2.24) is 19.3 Å². The Bertz CT molecular complexity index is 1120. The minimum absolute atomic E-state index is 0.0971. The highest BCUT2D eigenvalue weighted by molar-refractivity contribution is 7.98. The van der Waals surface area contributed by atoms with Gasteiger partial charge in [0.15, 0.2) is 5.16 Å². The number of fused-ring (bicyclic) bond motifs is 2. The van der Waals surface area contributed by atoms with E-state index in [9.17, 15) is 4.79 Å². The zero-order valence-electron chi connectivity index (χ0n) is 14.1. The third kappa shape index (κ3) is 2.62. The molecule has 0 amide bonds. The maximum absolute atomic E-state index is 13.0. The van der Waals surface area contributed by atoms with E-state index >= 15 is 0 Å². The summed E-state index contributed by atoms with van der Waals surface area (Å²) in [6.07, 6.45) is 3.66. The number of aryl methyl sites for hydroxylation is 1. The Morgan fingerprint density at radius 3 is 2.72 bits per heavy atom. The number of imidazole rings is 1. The van der Waals surface area contributed by atoms with E-state index < -0.39 is 0 Å². The zero-order valence-corrected chi connectivity index (χ0v) is 15.0. The van der Waals surface area contributed by atoms with Gasteiger partial charge in [-0.2, -0.15) is 5.10 Å². The van der Waals surface area contributed by atoms with Crippen LogP contribution in [0.2, 0.25) is 0 Å². The van der Waals surface area contributed by atoms with E-state index in [1.807, 2.05) is 42.0 Å². The van der Waals surface area contributed by atoms with Gasteiger partial charge in [-0.3, -0.25) is 4.79 Å². The number of thioether (sulfide) groups is 1. The van der Waals surface area contributed by atoms with E-state index in [2.05, 4.69) is 28.3 Å². The summed E-state index contributed by atoms with van der Waals surface area (Å²) in [4.78, 5) is 17.5. The van der Waals surface area contributed by atoms with E-state index in [-0.39, 0.29) is 5.56 Å². The molecule has 4 aromatic rings. The van der Waals surface area contributed by atoms with Gasteiger partial charge in [-0.05, 0) is 29.5 Å². The fraction of sp³-hybridized carbons (Fsp3) is 0.211. The molecule has 0 radical (unpaired) electrons. The van der Waals surface area contributed by atoms with E-state index in [4.69, 9.17) is 0 Å². The van der Waals surface area contributed by atoms with Gasteiger partial charge in [0.05, 0.1) is 12.7 Å². The van der Waals surface area contributed by atoms with Gasteiger partial charge in [-0.1, -0.05) is 54.2 Å². The fourth-order valence-electron chi connectivity index (χ4n) is 3.22. The van der Waals surface area contributed by atoms with Crippen molar-refractivity contribution in [3.05, 3.63) is 64.6 Å². The first-order valence-electron chi connectivity index (χ1n) is 8.20. The van der Waals surface area contributed by atoms with Crippen LogP contribution < -0.4 is 5.56 Å². The quantitative estimate of drug-likeness (QED) is 0.528. The largest absolute Gasteiger partial charge is 0.315 e. The number of aromatic nitrogens is 4. The van der Waals surface area contributed by atoms with Crippen LogP contribution in [0, 0.1) is 0 Å². The molecular formula is C19H18N4OS. The second-order valence-electron chi connectivity index (χ2n) is 5.82. The molecular weight excluding hydrogens is 332 g/mol. The van der Waals surface area contributed by atoms with Crippen LogP contribution in [0.3, 0.4) is 0 Å². The van der Waals surface area contributed by atoms with Crippen LogP contribution >= 0.6 is 11.8 Å². The molecule has 2 heterocycles. The molecule has 0 aliphatic rings. The van der Waals surface area contributed by atoms with Crippen molar-refractivity contribution in [2.75, 3.05) is 6.26 Å². The van der Waals surface area contributed by atoms with Crippen molar-refractivity contribution in [2.45, 2.75) is 25.2 Å². The van der Waals surface area contributed by atoms with E-state index in [0.29, 0.717) is 24.1 Å². The molecule has 0 aliphatic carbocycles. The topological polar surface area (TPSA) is 52.7 Å². The van der Waals surface area contributed by atoms with Crippen molar-refractivity contribution >= 4 is 33.6 Å². The van der Waals surface area contributed by atoms with Crippen molar-refractivity contribution < 1.29 is 0 Å². The molecule has 0 unspecified atom stereocenters. The molecule has 0 atom stereocenters. The van der Waals surface area contributed by atoms with Gasteiger partial charge in [0.1, 0.15) is 11.0 Å². The lowest BCUT2D eigenvalue weighted by molar-refractivity contribution is 0.638. The summed E-state index contributed by atoms with van der Waals surface area (Å²) in [5, 5.41) is 7.51. The van der Waals surface area contributed by atoms with E-state index in [1.54, 1.807) is 18.0 Å². The predicted octanol–water partition coefficient (Wildman–Crippen LogP) is 3.54. The summed E-state index contributed by atoms with van der Waals surface area (Å²) in [6, 6.07) is 14.3. The van der Waals surface area contributed by atoms with Gasteiger partial charge in [0.25, 0.3) is 5.56 Å². The maximum Gasteiger partial charge on any atom is 0.293 e. The summed E-state index contributed by atoms with van der Waals surface area (Å²) < 4.78 is 3.49. The Balaban J connectivity index is 1.87. The maximum atomic E-state index is 13.0. The Labute approximate surface area is 149 Å². The Morgan fingerprint density at radius 1 is 1.12 bits per heavy atom. The molecule has 0 spiro atoms. The van der Waals surface area contributed by atoms with Gasteiger partial charge in [-0.25, -0.2) is 9.67 Å². The van der Waals surface area contributed by atoms with E-state index in [0.717, 1.165) is 21.5 Å². The third-order valence-electron chi connectivity index (χ3n) is 4.41. The normalized spacial score (nSPS) is 11.4. The molecule has 2 aromatic carbocycles. The molecule has 0 bridgehead atoms. The first-order chi connectivity index (χ1) is 12.2. The number of benzene rings is 2. The van der Waals surface area contributed by atoms with Crippen molar-refractivity contribution in [3.8, 4) is 0 Å². The average Bonchev–Trinajstić information content (AvgIpc) is 3.03. The van der Waals surface area contributed by atoms with Crippen LogP contribution in [0.1, 0.15) is 12.5 Å². The van der Waals surface area contributed by atoms with Crippen molar-refractivity contribution in [3.63, 3.8) is 0 Å². The summed E-state index contributed by atoms with van der Waals surface area (Å²) >= 11 is 1.54. The molecule has 25 heavy (non-hydrogen) atoms. The van der Waals surface area contributed by atoms with Gasteiger partial charge >= 0.3 is 0 Å². The molecule has 126 valence electrons. The minimum Gasteiger partial charge on any atom is -0.315 e. The first-order valence-corrected chi connectivity index (χ1v) is 9.42. The lowest BCUT2D eigenvalue weighted by Gasteiger charge is -2.09. The lowest BCUT2D eigenvalue weighted by Crippen LogP contribution is -2.25. The molecule has 2 aromatic heterocycles. The predicted molar refractivity (Wildman–Crippen MR) is 102 cm³/mol. The summed E-state index contributed by atoms with van der Waals surface area (Å²) in [6.45, 7) is 3.18. The number of hydrogen-bond acceptors (Lipinski definition) is 4. The molecule has 0 N–H and O–H groups in total. The Morgan fingerprint density at radius 2 is 1.92 bits per heavy atom. The Hall–Kier alpha value is -2.60. The SMILES string of the molecule is CCn1c(SC)nc2cnn(Cc3cccc4ccccc34)c(=O)c21. The van der Waals surface area contributed by atoms with Gasteiger partial charge in [0, 0.05) is 6.54 Å². The van der Waals surface area contributed by atoms with Gasteiger partial charge in [-0.15, -0.1) is 0 Å². The highest BCUT2D eigenvalue weighted by atomic mass is 32.2. The third-order valence-corrected chi connectivity index (χ3v) is 5.09. The smallest absolute Gasteiger partial charge is 0.293 e. The molecule has 5 nitrogen and oxygen atoms in total. The highest BCUT2D eigenvalue weighted by Crippen LogP contribution is 2.21. The highest BCUT2D eigenvalue weighted by Gasteiger charge is 2.15. The lowest BCUT2D eigenvalue weighted by atomic mass is 10.0. The van der Waals surface area contributed by atoms with Crippen LogP contribution in [0.15, 0.2) is 58.6 Å². The average molecular weight is 350 g/mol. The molecule has 0 aliphatic heterocycles. The summed E-state index contributed by atoms with van der Waals surface area (Å²) in [5.74, 6) is 0. The summed E-state index contributed by atoms with van der Waals surface area (Å²) in [5.41, 5.74) is 2.27. The number of hydrogen-bond donors (Lipinski definition) is 0. The zero-order chi connectivity index (χ0) is 17.4. The second kappa shape index (κ2) is 6.37. The van der Waals surface area contributed by atoms with Crippen LogP contribution in [0.25, 0.3) is 21.8 Å². The van der Waals surface area contributed by atoms with E-state index in [1.165, 1.54) is 4.68 Å². The summed E-state index contributed by atoms with van der Waals surface area (Å²) in [7, 11) is 0. The molecule has 0 saturated carbocycles. The molecule has 6 heteroatoms. The van der Waals surface area contributed by atoms with Crippen LogP contribution in [0.5, 0.6) is 0 Å². The molecule has 0 saturated heterocycles. The van der Waals surface area contributed by atoms with Crippen molar-refractivity contribution in [2.24, 2.45) is 0 Å². The standard InChI is InChI=1S/C19H18N4OS/c1-3-22-17-16(21-19(22)25-2)11-20-23(18(17)24)12-14-9-6-8-13-7-4-5-10-15(13)14/h4-11H,3,12H2,1-2H3. The van der Waals surface area contributed by atoms with Gasteiger partial charge < -0.3 is 4.57 Å². The van der Waals surface area contributed by atoms with Crippen LogP contribution in [-0.4, -0.2) is 25.6 Å². The Kier molecular flexibility index (Phi) is 4.05. The number of nitrogens with zero attached hydrogens (tertiary/aromatic N) is 4. The van der Waals surface area contributed by atoms with Crippen LogP contribution in [0.4, 0.5) is 0 Å². The van der Waals surface area contributed by atoms with Crippen molar-refractivity contribution in [1.29, 1.82) is 0 Å². The second-order valence-corrected chi connectivity index (χ2v) is 6.60.